The van der Waals surface area contributed by atoms with Crippen LogP contribution in [0, 0.1) is 0 Å². The molecule has 1 fully saturated rings. The second kappa shape index (κ2) is 6.51. The minimum absolute atomic E-state index is 0.327. The van der Waals surface area contributed by atoms with E-state index < -0.39 is 0 Å². The summed E-state index contributed by atoms with van der Waals surface area (Å²) in [5.74, 6) is 0. The van der Waals surface area contributed by atoms with E-state index >= 15 is 0 Å². The fraction of sp³-hybridized carbons (Fsp3) is 0.625. The number of hydrogen-bond acceptors (Lipinski definition) is 3. The maximum Gasteiger partial charge on any atom is 0.0828 e. The highest BCUT2D eigenvalue weighted by Gasteiger charge is 2.20. The third kappa shape index (κ3) is 3.35. The Kier molecular flexibility index (Phi) is 4.49. The number of benzene rings is 1. The molecule has 3 nitrogen and oxygen atoms in total. The lowest BCUT2D eigenvalue weighted by molar-refractivity contribution is 0.0248. The summed E-state index contributed by atoms with van der Waals surface area (Å²) in [6.45, 7) is 6.48. The molecule has 3 heteroatoms. The average Bonchev–Trinajstić information content (AvgIpc) is 2.49. The molecule has 104 valence electrons. The Hall–Kier alpha value is -0.900. The fourth-order valence-electron chi connectivity index (χ4n) is 3.14. The monoisotopic (exact) mass is 260 g/mol. The first kappa shape index (κ1) is 13.1. The molecule has 0 amide bonds. The van der Waals surface area contributed by atoms with E-state index in [0.717, 1.165) is 39.3 Å². The average molecular weight is 260 g/mol. The third-order valence-electron chi connectivity index (χ3n) is 4.25. The Bertz CT molecular complexity index is 401. The molecule has 1 unspecified atom stereocenters. The zero-order valence-corrected chi connectivity index (χ0v) is 11.6. The van der Waals surface area contributed by atoms with Crippen molar-refractivity contribution in [1.82, 2.24) is 10.2 Å². The molecule has 1 aromatic rings. The summed E-state index contributed by atoms with van der Waals surface area (Å²) in [6.07, 6.45) is 3.98. The lowest BCUT2D eigenvalue weighted by Crippen LogP contribution is -2.44. The topological polar surface area (TPSA) is 24.5 Å². The molecule has 1 saturated heterocycles. The molecule has 0 radical (unpaired) electrons. The molecule has 1 atom stereocenters. The van der Waals surface area contributed by atoms with Gasteiger partial charge in [-0.3, -0.25) is 4.90 Å². The smallest absolute Gasteiger partial charge is 0.0828 e. The van der Waals surface area contributed by atoms with E-state index in [9.17, 15) is 0 Å². The molecular formula is C16H24N2O. The van der Waals surface area contributed by atoms with Crippen LogP contribution in [0.2, 0.25) is 0 Å². The van der Waals surface area contributed by atoms with E-state index in [-0.39, 0.29) is 0 Å². The summed E-state index contributed by atoms with van der Waals surface area (Å²) in [5.41, 5.74) is 2.91. The minimum atomic E-state index is 0.327. The summed E-state index contributed by atoms with van der Waals surface area (Å²) in [4.78, 5) is 2.49. The van der Waals surface area contributed by atoms with Gasteiger partial charge in [-0.25, -0.2) is 0 Å². The third-order valence-corrected chi connectivity index (χ3v) is 4.25. The molecule has 1 heterocycles. The maximum atomic E-state index is 6.15. The predicted octanol–water partition coefficient (Wildman–Crippen LogP) is 1.99. The van der Waals surface area contributed by atoms with Gasteiger partial charge in [0.1, 0.15) is 0 Å². The molecule has 1 aliphatic heterocycles. The van der Waals surface area contributed by atoms with Crippen molar-refractivity contribution in [3.8, 4) is 0 Å². The Morgan fingerprint density at radius 1 is 1.21 bits per heavy atom. The lowest BCUT2D eigenvalue weighted by atomic mass is 9.89. The Balaban J connectivity index is 1.50. The number of fused-ring (bicyclic) bond motifs is 1. The van der Waals surface area contributed by atoms with Gasteiger partial charge < -0.3 is 10.1 Å². The maximum absolute atomic E-state index is 6.15. The molecule has 0 saturated carbocycles. The molecule has 1 aromatic carbocycles. The zero-order chi connectivity index (χ0) is 12.9. The highest BCUT2D eigenvalue weighted by atomic mass is 16.5. The van der Waals surface area contributed by atoms with E-state index in [1.165, 1.54) is 30.4 Å². The molecule has 1 aliphatic carbocycles. The zero-order valence-electron chi connectivity index (χ0n) is 11.6. The molecule has 1 N–H and O–H groups in total. The van der Waals surface area contributed by atoms with Crippen molar-refractivity contribution in [2.45, 2.75) is 25.4 Å². The van der Waals surface area contributed by atoms with Gasteiger partial charge in [0.15, 0.2) is 0 Å². The van der Waals surface area contributed by atoms with E-state index in [0.29, 0.717) is 6.10 Å². The van der Waals surface area contributed by atoms with Gasteiger partial charge in [-0.15, -0.1) is 0 Å². The van der Waals surface area contributed by atoms with Crippen LogP contribution in [0.4, 0.5) is 0 Å². The minimum Gasteiger partial charge on any atom is -0.372 e. The van der Waals surface area contributed by atoms with Gasteiger partial charge in [0.2, 0.25) is 0 Å². The van der Waals surface area contributed by atoms with Crippen LogP contribution in [0.15, 0.2) is 24.3 Å². The van der Waals surface area contributed by atoms with Crippen molar-refractivity contribution in [3.05, 3.63) is 35.4 Å². The first-order chi connectivity index (χ1) is 9.43. The normalized spacial score (nSPS) is 24.1. The van der Waals surface area contributed by atoms with Crippen LogP contribution < -0.4 is 5.32 Å². The number of nitrogens with zero attached hydrogens (tertiary/aromatic N) is 1. The first-order valence-electron chi connectivity index (χ1n) is 7.56. The van der Waals surface area contributed by atoms with Crippen LogP contribution in [-0.4, -0.2) is 44.2 Å². The van der Waals surface area contributed by atoms with Gasteiger partial charge in [-0.2, -0.15) is 0 Å². The quantitative estimate of drug-likeness (QED) is 0.896. The van der Waals surface area contributed by atoms with Gasteiger partial charge in [0.05, 0.1) is 12.7 Å². The van der Waals surface area contributed by atoms with Crippen molar-refractivity contribution < 1.29 is 4.74 Å². The number of nitrogens with one attached hydrogen (secondary N) is 1. The van der Waals surface area contributed by atoms with Crippen molar-refractivity contribution >= 4 is 0 Å². The van der Waals surface area contributed by atoms with Gasteiger partial charge in [-0.05, 0) is 30.4 Å². The highest BCUT2D eigenvalue weighted by molar-refractivity contribution is 5.31. The van der Waals surface area contributed by atoms with Crippen LogP contribution >= 0.6 is 0 Å². The first-order valence-corrected chi connectivity index (χ1v) is 7.56. The lowest BCUT2D eigenvalue weighted by Gasteiger charge is -2.29. The highest BCUT2D eigenvalue weighted by Crippen LogP contribution is 2.32. The summed E-state index contributed by atoms with van der Waals surface area (Å²) < 4.78 is 6.15. The number of piperazine rings is 1. The summed E-state index contributed by atoms with van der Waals surface area (Å²) >= 11 is 0. The predicted molar refractivity (Wildman–Crippen MR) is 77.4 cm³/mol. The largest absolute Gasteiger partial charge is 0.372 e. The van der Waals surface area contributed by atoms with Gasteiger partial charge in [0.25, 0.3) is 0 Å². The summed E-state index contributed by atoms with van der Waals surface area (Å²) in [6, 6.07) is 8.77. The van der Waals surface area contributed by atoms with Gasteiger partial charge in [0, 0.05) is 32.7 Å². The second-order valence-corrected chi connectivity index (χ2v) is 5.54. The summed E-state index contributed by atoms with van der Waals surface area (Å²) in [5, 5.41) is 3.39. The molecule has 3 rings (SSSR count). The van der Waals surface area contributed by atoms with E-state index in [2.05, 4.69) is 34.5 Å². The fourth-order valence-corrected chi connectivity index (χ4v) is 3.14. The Morgan fingerprint density at radius 3 is 2.95 bits per heavy atom. The van der Waals surface area contributed by atoms with Crippen LogP contribution in [0.5, 0.6) is 0 Å². The van der Waals surface area contributed by atoms with Crippen molar-refractivity contribution in [1.29, 1.82) is 0 Å². The molecular weight excluding hydrogens is 236 g/mol. The van der Waals surface area contributed by atoms with E-state index in [4.69, 9.17) is 4.74 Å². The van der Waals surface area contributed by atoms with Crippen molar-refractivity contribution in [2.24, 2.45) is 0 Å². The molecule has 0 spiro atoms. The SMILES string of the molecule is c1ccc2c(c1)CCCC2OCCN1CCNCC1. The molecule has 0 aromatic heterocycles. The van der Waals surface area contributed by atoms with Crippen LogP contribution in [0.1, 0.15) is 30.1 Å². The number of rotatable bonds is 4. The van der Waals surface area contributed by atoms with Crippen molar-refractivity contribution in [2.75, 3.05) is 39.3 Å². The van der Waals surface area contributed by atoms with Crippen LogP contribution in [0.25, 0.3) is 0 Å². The number of hydrogen-bond donors (Lipinski definition) is 1. The molecule has 2 aliphatic rings. The molecule has 19 heavy (non-hydrogen) atoms. The molecule has 0 bridgehead atoms. The van der Waals surface area contributed by atoms with Gasteiger partial charge >= 0.3 is 0 Å². The second-order valence-electron chi connectivity index (χ2n) is 5.54. The van der Waals surface area contributed by atoms with Crippen molar-refractivity contribution in [3.63, 3.8) is 0 Å². The van der Waals surface area contributed by atoms with Crippen LogP contribution in [0.3, 0.4) is 0 Å². The van der Waals surface area contributed by atoms with Gasteiger partial charge in [-0.1, -0.05) is 24.3 Å². The number of ether oxygens (including phenoxy) is 1. The van der Waals surface area contributed by atoms with Crippen LogP contribution in [-0.2, 0) is 11.2 Å². The summed E-state index contributed by atoms with van der Waals surface area (Å²) in [7, 11) is 0. The standard InChI is InChI=1S/C16H24N2O/c1-2-6-15-14(4-1)5-3-7-16(15)19-13-12-18-10-8-17-9-11-18/h1-2,4,6,16-17H,3,5,7-13H2. The Labute approximate surface area is 115 Å². The number of aryl methyl sites for hydroxylation is 1. The van der Waals surface area contributed by atoms with E-state index in [1.807, 2.05) is 0 Å². The Morgan fingerprint density at radius 2 is 2.05 bits per heavy atom. The van der Waals surface area contributed by atoms with E-state index in [1.54, 1.807) is 0 Å².